The van der Waals surface area contributed by atoms with Gasteiger partial charge in [0.25, 0.3) is 17.7 Å². The van der Waals surface area contributed by atoms with Crippen molar-refractivity contribution in [2.45, 2.75) is 6.92 Å². The normalized spacial score (nSPS) is 12.7. The number of halogens is 1. The van der Waals surface area contributed by atoms with Gasteiger partial charge in [0.05, 0.1) is 25.4 Å². The number of rotatable bonds is 11. The summed E-state index contributed by atoms with van der Waals surface area (Å²) in [6.45, 7) is 2.82. The molecule has 2 aromatic rings. The molecule has 0 aromatic heterocycles. The number of nitrogens with zero attached hydrogens (tertiary/aromatic N) is 1. The fourth-order valence-corrected chi connectivity index (χ4v) is 3.30. The number of hydrogen-bond donors (Lipinski definition) is 2. The van der Waals surface area contributed by atoms with Crippen molar-refractivity contribution >= 4 is 35.3 Å². The topological polar surface area (TPSA) is 142 Å². The molecule has 3 amide bonds. The number of benzene rings is 2. The SMILES string of the molecule is CCOc1cc(C(=O)OCC(=O)NNC(=O)COc2ccc(Cl)cc2)ccc1OCC(=O)N1CCOCC1. The number of amides is 3. The van der Waals surface area contributed by atoms with Crippen molar-refractivity contribution in [1.82, 2.24) is 15.8 Å². The second-order valence-electron chi connectivity index (χ2n) is 7.79. The van der Waals surface area contributed by atoms with Crippen LogP contribution < -0.4 is 25.1 Å². The lowest BCUT2D eigenvalue weighted by atomic mass is 10.2. The Morgan fingerprint density at radius 1 is 0.868 bits per heavy atom. The third kappa shape index (κ3) is 9.12. The van der Waals surface area contributed by atoms with Gasteiger partial charge < -0.3 is 28.6 Å². The van der Waals surface area contributed by atoms with E-state index in [1.165, 1.54) is 18.2 Å². The Morgan fingerprint density at radius 3 is 2.24 bits per heavy atom. The molecule has 0 saturated carbocycles. The average Bonchev–Trinajstić information content (AvgIpc) is 2.94. The highest BCUT2D eigenvalue weighted by Gasteiger charge is 2.19. The maximum absolute atomic E-state index is 12.4. The van der Waals surface area contributed by atoms with Crippen LogP contribution in [0.5, 0.6) is 17.2 Å². The number of nitrogens with one attached hydrogen (secondary N) is 2. The Labute approximate surface area is 224 Å². The maximum atomic E-state index is 12.4. The molecule has 2 N–H and O–H groups in total. The van der Waals surface area contributed by atoms with Gasteiger partial charge in [-0.2, -0.15) is 0 Å². The maximum Gasteiger partial charge on any atom is 0.338 e. The molecule has 1 saturated heterocycles. The first-order valence-corrected chi connectivity index (χ1v) is 12.1. The molecule has 0 bridgehead atoms. The highest BCUT2D eigenvalue weighted by Crippen LogP contribution is 2.29. The predicted octanol–water partition coefficient (Wildman–Crippen LogP) is 1.36. The number of hydrazine groups is 1. The Morgan fingerprint density at radius 2 is 1.55 bits per heavy atom. The minimum atomic E-state index is -0.797. The lowest BCUT2D eigenvalue weighted by Gasteiger charge is -2.26. The molecule has 38 heavy (non-hydrogen) atoms. The molecule has 1 heterocycles. The van der Waals surface area contributed by atoms with Crippen molar-refractivity contribution in [3.05, 3.63) is 53.1 Å². The molecule has 0 atom stereocenters. The molecule has 1 fully saturated rings. The van der Waals surface area contributed by atoms with E-state index in [1.54, 1.807) is 36.1 Å². The summed E-state index contributed by atoms with van der Waals surface area (Å²) in [6.07, 6.45) is 0. The Bertz CT molecular complexity index is 1120. The van der Waals surface area contributed by atoms with Crippen molar-refractivity contribution in [2.75, 3.05) is 52.7 Å². The van der Waals surface area contributed by atoms with Crippen molar-refractivity contribution < 1.29 is 42.9 Å². The lowest BCUT2D eigenvalue weighted by Crippen LogP contribution is -2.45. The van der Waals surface area contributed by atoms with Crippen molar-refractivity contribution in [2.24, 2.45) is 0 Å². The fourth-order valence-electron chi connectivity index (χ4n) is 3.17. The quantitative estimate of drug-likeness (QED) is 0.314. The van der Waals surface area contributed by atoms with Gasteiger partial charge in [0.15, 0.2) is 31.3 Å². The lowest BCUT2D eigenvalue weighted by molar-refractivity contribution is -0.137. The first-order chi connectivity index (χ1) is 18.4. The molecule has 12 nitrogen and oxygen atoms in total. The van der Waals surface area contributed by atoms with Crippen LogP contribution in [0.25, 0.3) is 0 Å². The highest BCUT2D eigenvalue weighted by molar-refractivity contribution is 6.30. The zero-order chi connectivity index (χ0) is 27.3. The van der Waals surface area contributed by atoms with E-state index in [2.05, 4.69) is 10.9 Å². The van der Waals surface area contributed by atoms with Crippen LogP contribution in [0.3, 0.4) is 0 Å². The number of ether oxygens (including phenoxy) is 5. The monoisotopic (exact) mass is 549 g/mol. The van der Waals surface area contributed by atoms with Gasteiger partial charge in [0, 0.05) is 18.1 Å². The van der Waals surface area contributed by atoms with E-state index in [9.17, 15) is 19.2 Å². The summed E-state index contributed by atoms with van der Waals surface area (Å²) in [6, 6.07) is 10.7. The summed E-state index contributed by atoms with van der Waals surface area (Å²) in [5.74, 6) is -1.41. The van der Waals surface area contributed by atoms with Crippen LogP contribution in [0.1, 0.15) is 17.3 Å². The standard InChI is InChI=1S/C25H28ClN3O9/c1-2-35-21-13-17(3-8-20(21)37-16-24(32)29-9-11-34-12-10-29)25(33)38-15-23(31)28-27-22(30)14-36-19-6-4-18(26)5-7-19/h3-8,13H,2,9-12,14-16H2,1H3,(H,27,30)(H,28,31). The Kier molecular flexibility index (Phi) is 11.0. The molecule has 3 rings (SSSR count). The van der Waals surface area contributed by atoms with E-state index in [0.29, 0.717) is 37.1 Å². The van der Waals surface area contributed by atoms with Gasteiger partial charge in [0.1, 0.15) is 5.75 Å². The fraction of sp³-hybridized carbons (Fsp3) is 0.360. The molecule has 0 spiro atoms. The van der Waals surface area contributed by atoms with E-state index in [1.807, 2.05) is 0 Å². The zero-order valence-electron chi connectivity index (χ0n) is 20.7. The minimum Gasteiger partial charge on any atom is -0.490 e. The van der Waals surface area contributed by atoms with Crippen LogP contribution in [0.15, 0.2) is 42.5 Å². The number of carbonyl (C=O) groups excluding carboxylic acids is 4. The largest absolute Gasteiger partial charge is 0.490 e. The smallest absolute Gasteiger partial charge is 0.338 e. The molecule has 13 heteroatoms. The number of esters is 1. The molecule has 204 valence electrons. The Balaban J connectivity index is 1.43. The van der Waals surface area contributed by atoms with Crippen molar-refractivity contribution in [3.8, 4) is 17.2 Å². The van der Waals surface area contributed by atoms with E-state index in [4.69, 9.17) is 35.3 Å². The third-order valence-corrected chi connectivity index (χ3v) is 5.31. The third-order valence-electron chi connectivity index (χ3n) is 5.05. The minimum absolute atomic E-state index is 0.105. The van der Waals surface area contributed by atoms with E-state index >= 15 is 0 Å². The molecule has 1 aliphatic heterocycles. The molecular weight excluding hydrogens is 522 g/mol. The molecule has 0 radical (unpaired) electrons. The summed E-state index contributed by atoms with van der Waals surface area (Å²) >= 11 is 5.78. The van der Waals surface area contributed by atoms with E-state index < -0.39 is 24.4 Å². The zero-order valence-corrected chi connectivity index (χ0v) is 21.5. The molecular formula is C25H28ClN3O9. The summed E-state index contributed by atoms with van der Waals surface area (Å²) in [5, 5.41) is 0.526. The van der Waals surface area contributed by atoms with Crippen LogP contribution in [0, 0.1) is 0 Å². The van der Waals surface area contributed by atoms with Gasteiger partial charge in [-0.3, -0.25) is 25.2 Å². The number of carbonyl (C=O) groups is 4. The van der Waals surface area contributed by atoms with Gasteiger partial charge in [-0.05, 0) is 49.4 Å². The van der Waals surface area contributed by atoms with Gasteiger partial charge in [-0.15, -0.1) is 0 Å². The molecule has 0 aliphatic carbocycles. The summed E-state index contributed by atoms with van der Waals surface area (Å²) in [7, 11) is 0. The first-order valence-electron chi connectivity index (χ1n) is 11.7. The van der Waals surface area contributed by atoms with Gasteiger partial charge in [-0.25, -0.2) is 4.79 Å². The van der Waals surface area contributed by atoms with Crippen LogP contribution in [0.4, 0.5) is 0 Å². The van der Waals surface area contributed by atoms with Crippen LogP contribution in [0.2, 0.25) is 5.02 Å². The number of hydrogen-bond acceptors (Lipinski definition) is 9. The average molecular weight is 550 g/mol. The molecule has 1 aliphatic rings. The highest BCUT2D eigenvalue weighted by atomic mass is 35.5. The van der Waals surface area contributed by atoms with Gasteiger partial charge in [-0.1, -0.05) is 11.6 Å². The van der Waals surface area contributed by atoms with Gasteiger partial charge in [0.2, 0.25) is 0 Å². The van der Waals surface area contributed by atoms with Crippen LogP contribution in [-0.4, -0.2) is 81.3 Å². The predicted molar refractivity (Wildman–Crippen MR) is 134 cm³/mol. The van der Waals surface area contributed by atoms with Crippen LogP contribution in [-0.2, 0) is 23.9 Å². The first kappa shape index (κ1) is 28.5. The van der Waals surface area contributed by atoms with Crippen molar-refractivity contribution in [1.29, 1.82) is 0 Å². The van der Waals surface area contributed by atoms with E-state index in [0.717, 1.165) is 0 Å². The molecule has 2 aromatic carbocycles. The second kappa shape index (κ2) is 14.6. The van der Waals surface area contributed by atoms with E-state index in [-0.39, 0.29) is 42.8 Å². The van der Waals surface area contributed by atoms with Gasteiger partial charge >= 0.3 is 5.97 Å². The summed E-state index contributed by atoms with van der Waals surface area (Å²) < 4.78 is 26.6. The summed E-state index contributed by atoms with van der Waals surface area (Å²) in [5.41, 5.74) is 4.38. The second-order valence-corrected chi connectivity index (χ2v) is 8.23. The molecule has 0 unspecified atom stereocenters. The van der Waals surface area contributed by atoms with Crippen molar-refractivity contribution in [3.63, 3.8) is 0 Å². The Hall–Kier alpha value is -4.03. The van der Waals surface area contributed by atoms with Crippen LogP contribution >= 0.6 is 11.6 Å². The number of morpholine rings is 1. The summed E-state index contributed by atoms with van der Waals surface area (Å²) in [4.78, 5) is 50.2.